The van der Waals surface area contributed by atoms with Crippen molar-refractivity contribution in [1.82, 2.24) is 0 Å². The standard InChI is InChI=1S/C28H26ClN3O4/c1-16(2)18-9-11-20(12-10-18)31-26(33)19-6-5-7-21(15-19)30-25-24(29)27(34)32(28(25)35)22-14-17(3)8-13-23(22)36-4/h5-16,30H,1-4H3,(H,31,33). The number of hydrogen-bond acceptors (Lipinski definition) is 5. The van der Waals surface area contributed by atoms with E-state index in [4.69, 9.17) is 16.3 Å². The van der Waals surface area contributed by atoms with E-state index < -0.39 is 11.8 Å². The number of carbonyl (C=O) groups is 3. The maximum absolute atomic E-state index is 13.2. The Kier molecular flexibility index (Phi) is 7.12. The predicted molar refractivity (Wildman–Crippen MR) is 142 cm³/mol. The minimum atomic E-state index is -0.660. The Morgan fingerprint density at radius 2 is 1.67 bits per heavy atom. The van der Waals surface area contributed by atoms with Crippen LogP contribution in [0.25, 0.3) is 0 Å². The molecule has 8 heteroatoms. The van der Waals surface area contributed by atoms with E-state index in [9.17, 15) is 14.4 Å². The van der Waals surface area contributed by atoms with Crippen molar-refractivity contribution < 1.29 is 19.1 Å². The quantitative estimate of drug-likeness (QED) is 0.397. The van der Waals surface area contributed by atoms with E-state index in [1.54, 1.807) is 36.4 Å². The molecule has 1 aliphatic heterocycles. The highest BCUT2D eigenvalue weighted by atomic mass is 35.5. The minimum absolute atomic E-state index is 0.0768. The summed E-state index contributed by atoms with van der Waals surface area (Å²) >= 11 is 6.28. The summed E-state index contributed by atoms with van der Waals surface area (Å²) in [6.07, 6.45) is 0. The van der Waals surface area contributed by atoms with Crippen LogP contribution in [-0.4, -0.2) is 24.8 Å². The highest BCUT2D eigenvalue weighted by Gasteiger charge is 2.40. The van der Waals surface area contributed by atoms with Crippen LogP contribution in [0.1, 0.15) is 41.3 Å². The Morgan fingerprint density at radius 1 is 0.944 bits per heavy atom. The minimum Gasteiger partial charge on any atom is -0.495 e. The number of aryl methyl sites for hydroxylation is 1. The van der Waals surface area contributed by atoms with Crippen LogP contribution in [0.4, 0.5) is 17.1 Å². The number of imide groups is 1. The van der Waals surface area contributed by atoms with Gasteiger partial charge in [-0.25, -0.2) is 4.90 Å². The molecule has 7 nitrogen and oxygen atoms in total. The summed E-state index contributed by atoms with van der Waals surface area (Å²) in [5.74, 6) is -0.823. The lowest BCUT2D eigenvalue weighted by Gasteiger charge is -2.18. The summed E-state index contributed by atoms with van der Waals surface area (Å²) < 4.78 is 5.33. The first-order valence-electron chi connectivity index (χ1n) is 11.4. The zero-order valence-electron chi connectivity index (χ0n) is 20.4. The van der Waals surface area contributed by atoms with Crippen LogP contribution in [0, 0.1) is 6.92 Å². The van der Waals surface area contributed by atoms with Gasteiger partial charge in [0, 0.05) is 16.9 Å². The zero-order valence-corrected chi connectivity index (χ0v) is 21.1. The fraction of sp³-hybridized carbons (Fsp3) is 0.179. The summed E-state index contributed by atoms with van der Waals surface area (Å²) in [6.45, 7) is 6.05. The molecule has 0 bridgehead atoms. The fourth-order valence-electron chi connectivity index (χ4n) is 3.84. The average molecular weight is 504 g/mol. The number of halogens is 1. The summed E-state index contributed by atoms with van der Waals surface area (Å²) in [5, 5.41) is 5.54. The van der Waals surface area contributed by atoms with Gasteiger partial charge in [0.05, 0.1) is 12.8 Å². The molecule has 36 heavy (non-hydrogen) atoms. The fourth-order valence-corrected chi connectivity index (χ4v) is 4.05. The van der Waals surface area contributed by atoms with Crippen LogP contribution < -0.4 is 20.3 Å². The molecule has 0 spiro atoms. The number of benzene rings is 3. The third-order valence-corrected chi connectivity index (χ3v) is 6.18. The average Bonchev–Trinajstić information content (AvgIpc) is 3.07. The molecule has 0 saturated carbocycles. The molecule has 0 unspecified atom stereocenters. The van der Waals surface area contributed by atoms with Gasteiger partial charge in [-0.3, -0.25) is 14.4 Å². The Balaban J connectivity index is 1.53. The van der Waals surface area contributed by atoms with E-state index in [1.165, 1.54) is 12.7 Å². The number of nitrogens with zero attached hydrogens (tertiary/aromatic N) is 1. The topological polar surface area (TPSA) is 87.7 Å². The van der Waals surface area contributed by atoms with E-state index in [1.807, 2.05) is 37.3 Å². The Labute approximate surface area is 214 Å². The molecule has 0 fully saturated rings. The maximum atomic E-state index is 13.2. The Hall–Kier alpha value is -4.10. The number of ether oxygens (including phenoxy) is 1. The molecule has 1 aliphatic rings. The van der Waals surface area contributed by atoms with Gasteiger partial charge in [-0.05, 0) is 66.4 Å². The number of rotatable bonds is 7. The number of nitrogens with one attached hydrogen (secondary N) is 2. The second-order valence-electron chi connectivity index (χ2n) is 8.75. The number of anilines is 3. The van der Waals surface area contributed by atoms with Crippen LogP contribution in [0.15, 0.2) is 77.5 Å². The summed E-state index contributed by atoms with van der Waals surface area (Å²) in [6, 6.07) is 19.4. The molecule has 0 aliphatic carbocycles. The zero-order chi connectivity index (χ0) is 26.0. The van der Waals surface area contributed by atoms with Crippen molar-refractivity contribution in [2.75, 3.05) is 22.6 Å². The van der Waals surface area contributed by atoms with Crippen molar-refractivity contribution in [1.29, 1.82) is 0 Å². The molecular formula is C28H26ClN3O4. The van der Waals surface area contributed by atoms with E-state index in [-0.39, 0.29) is 16.6 Å². The van der Waals surface area contributed by atoms with Crippen molar-refractivity contribution in [3.05, 3.63) is 94.1 Å². The molecule has 3 aromatic rings. The van der Waals surface area contributed by atoms with E-state index in [2.05, 4.69) is 24.5 Å². The molecule has 4 rings (SSSR count). The number of carbonyl (C=O) groups excluding carboxylic acids is 3. The second-order valence-corrected chi connectivity index (χ2v) is 9.12. The molecular weight excluding hydrogens is 478 g/mol. The van der Waals surface area contributed by atoms with Gasteiger partial charge in [-0.15, -0.1) is 0 Å². The van der Waals surface area contributed by atoms with Gasteiger partial charge < -0.3 is 15.4 Å². The smallest absolute Gasteiger partial charge is 0.283 e. The van der Waals surface area contributed by atoms with Crippen molar-refractivity contribution in [3.63, 3.8) is 0 Å². The lowest BCUT2D eigenvalue weighted by molar-refractivity contribution is -0.120. The van der Waals surface area contributed by atoms with Crippen molar-refractivity contribution in [3.8, 4) is 5.75 Å². The van der Waals surface area contributed by atoms with Crippen LogP contribution in [-0.2, 0) is 9.59 Å². The normalized spacial score (nSPS) is 13.4. The van der Waals surface area contributed by atoms with Crippen molar-refractivity contribution in [2.45, 2.75) is 26.7 Å². The first-order valence-corrected chi connectivity index (χ1v) is 11.8. The van der Waals surface area contributed by atoms with Crippen molar-refractivity contribution >= 4 is 46.4 Å². The Morgan fingerprint density at radius 3 is 2.33 bits per heavy atom. The predicted octanol–water partition coefficient (Wildman–Crippen LogP) is 5.82. The molecule has 1 heterocycles. The third-order valence-electron chi connectivity index (χ3n) is 5.83. The lowest BCUT2D eigenvalue weighted by Crippen LogP contribution is -2.32. The van der Waals surface area contributed by atoms with Gasteiger partial charge in [0.2, 0.25) is 0 Å². The molecule has 3 amide bonds. The third kappa shape index (κ3) is 4.97. The highest BCUT2D eigenvalue weighted by Crippen LogP contribution is 2.36. The molecule has 184 valence electrons. The summed E-state index contributed by atoms with van der Waals surface area (Å²) in [5.41, 5.74) is 3.74. The first-order chi connectivity index (χ1) is 17.2. The van der Waals surface area contributed by atoms with Crippen LogP contribution >= 0.6 is 11.6 Å². The lowest BCUT2D eigenvalue weighted by atomic mass is 10.0. The molecule has 2 N–H and O–H groups in total. The van der Waals surface area contributed by atoms with E-state index >= 15 is 0 Å². The van der Waals surface area contributed by atoms with Crippen molar-refractivity contribution in [2.24, 2.45) is 0 Å². The monoisotopic (exact) mass is 503 g/mol. The van der Waals surface area contributed by atoms with Crippen LogP contribution in [0.5, 0.6) is 5.75 Å². The maximum Gasteiger partial charge on any atom is 0.283 e. The summed E-state index contributed by atoms with van der Waals surface area (Å²) in [4.78, 5) is 39.9. The second kappa shape index (κ2) is 10.3. The SMILES string of the molecule is COc1ccc(C)cc1N1C(=O)C(Cl)=C(Nc2cccc(C(=O)Nc3ccc(C(C)C)cc3)c2)C1=O. The summed E-state index contributed by atoms with van der Waals surface area (Å²) in [7, 11) is 1.46. The van der Waals surface area contributed by atoms with Gasteiger partial charge in [0.15, 0.2) is 0 Å². The Bertz CT molecular complexity index is 1380. The van der Waals surface area contributed by atoms with Gasteiger partial charge in [0.25, 0.3) is 17.7 Å². The van der Waals surface area contributed by atoms with E-state index in [0.717, 1.165) is 10.5 Å². The number of methoxy groups -OCH3 is 1. The largest absolute Gasteiger partial charge is 0.495 e. The van der Waals surface area contributed by atoms with Gasteiger partial charge in [-0.2, -0.15) is 0 Å². The van der Waals surface area contributed by atoms with Gasteiger partial charge in [0.1, 0.15) is 16.5 Å². The van der Waals surface area contributed by atoms with Gasteiger partial charge >= 0.3 is 0 Å². The number of amides is 3. The van der Waals surface area contributed by atoms with Crippen LogP contribution in [0.2, 0.25) is 0 Å². The molecule has 0 aromatic heterocycles. The number of hydrogen-bond donors (Lipinski definition) is 2. The highest BCUT2D eigenvalue weighted by molar-refractivity contribution is 6.53. The van der Waals surface area contributed by atoms with E-state index in [0.29, 0.717) is 34.3 Å². The van der Waals surface area contributed by atoms with Gasteiger partial charge in [-0.1, -0.05) is 49.7 Å². The molecule has 3 aromatic carbocycles. The first kappa shape index (κ1) is 25.0. The molecule has 0 radical (unpaired) electrons. The molecule has 0 atom stereocenters. The molecule has 0 saturated heterocycles. The van der Waals surface area contributed by atoms with Crippen LogP contribution in [0.3, 0.4) is 0 Å².